The van der Waals surface area contributed by atoms with Crippen LogP contribution in [0.5, 0.6) is 11.5 Å². The number of ether oxygens (including phenoxy) is 3. The number of nitrogens with zero attached hydrogens (tertiary/aromatic N) is 1. The van der Waals surface area contributed by atoms with Gasteiger partial charge in [0.15, 0.2) is 24.7 Å². The summed E-state index contributed by atoms with van der Waals surface area (Å²) < 4.78 is 15.6. The van der Waals surface area contributed by atoms with Gasteiger partial charge in [-0.05, 0) is 38.1 Å². The molecule has 0 aliphatic carbocycles. The van der Waals surface area contributed by atoms with Gasteiger partial charge in [0.05, 0.1) is 18.5 Å². The number of nitrogens with one attached hydrogen (secondary N) is 1. The minimum absolute atomic E-state index is 0.324. The van der Waals surface area contributed by atoms with E-state index in [1.807, 2.05) is 0 Å². The first-order valence-corrected chi connectivity index (χ1v) is 8.99. The van der Waals surface area contributed by atoms with Crippen molar-refractivity contribution < 1.29 is 28.6 Å². The molecule has 8 nitrogen and oxygen atoms in total. The van der Waals surface area contributed by atoms with Gasteiger partial charge in [0, 0.05) is 0 Å². The Kier molecular flexibility index (Phi) is 5.72. The largest absolute Gasteiger partial charge is 0.493 e. The molecule has 1 aliphatic heterocycles. The van der Waals surface area contributed by atoms with Crippen LogP contribution in [0.25, 0.3) is 0 Å². The number of rotatable bonds is 6. The lowest BCUT2D eigenvalue weighted by Gasteiger charge is -2.41. The van der Waals surface area contributed by atoms with Crippen molar-refractivity contribution in [2.24, 2.45) is 0 Å². The smallest absolute Gasteiger partial charge is 0.344 e. The van der Waals surface area contributed by atoms with Crippen LogP contribution in [0.1, 0.15) is 13.8 Å². The van der Waals surface area contributed by atoms with Crippen molar-refractivity contribution in [3.63, 3.8) is 0 Å². The second kappa shape index (κ2) is 8.22. The SMILES string of the molecule is COc1ccccc1OCC(=O)OCC(=O)N1c2ccccc2NC(=O)C1(C)C. The first-order chi connectivity index (χ1) is 13.8. The zero-order chi connectivity index (χ0) is 21.0. The quantitative estimate of drug-likeness (QED) is 0.751. The fourth-order valence-corrected chi connectivity index (χ4v) is 3.02. The second-order valence-corrected chi connectivity index (χ2v) is 6.86. The molecule has 2 aromatic carbocycles. The van der Waals surface area contributed by atoms with Crippen molar-refractivity contribution in [1.82, 2.24) is 0 Å². The zero-order valence-corrected chi connectivity index (χ0v) is 16.4. The van der Waals surface area contributed by atoms with Crippen LogP contribution in [0.15, 0.2) is 48.5 Å². The first-order valence-electron chi connectivity index (χ1n) is 8.99. The predicted octanol–water partition coefficient (Wildman–Crippen LogP) is 2.38. The Morgan fingerprint density at radius 1 is 1.00 bits per heavy atom. The van der Waals surface area contributed by atoms with Crippen LogP contribution in [0.3, 0.4) is 0 Å². The van der Waals surface area contributed by atoms with Gasteiger partial charge in [-0.3, -0.25) is 14.5 Å². The average molecular weight is 398 g/mol. The summed E-state index contributed by atoms with van der Waals surface area (Å²) in [6, 6.07) is 13.8. The van der Waals surface area contributed by atoms with Gasteiger partial charge in [0.1, 0.15) is 5.54 Å². The van der Waals surface area contributed by atoms with Crippen molar-refractivity contribution in [3.8, 4) is 11.5 Å². The minimum Gasteiger partial charge on any atom is -0.493 e. The molecule has 1 heterocycles. The lowest BCUT2D eigenvalue weighted by molar-refractivity contribution is -0.150. The van der Waals surface area contributed by atoms with Crippen LogP contribution in [0, 0.1) is 0 Å². The molecule has 0 saturated carbocycles. The van der Waals surface area contributed by atoms with Gasteiger partial charge in [0.2, 0.25) is 5.91 Å². The molecule has 1 N–H and O–H groups in total. The molecule has 1 aliphatic rings. The van der Waals surface area contributed by atoms with Crippen molar-refractivity contribution in [2.75, 3.05) is 30.5 Å². The summed E-state index contributed by atoms with van der Waals surface area (Å²) in [6.45, 7) is 2.36. The molecule has 8 heteroatoms. The van der Waals surface area contributed by atoms with Gasteiger partial charge < -0.3 is 19.5 Å². The summed E-state index contributed by atoms with van der Waals surface area (Å²) >= 11 is 0. The van der Waals surface area contributed by atoms with Crippen LogP contribution in [-0.2, 0) is 19.1 Å². The van der Waals surface area contributed by atoms with Gasteiger partial charge in [-0.1, -0.05) is 24.3 Å². The van der Waals surface area contributed by atoms with Crippen molar-refractivity contribution in [3.05, 3.63) is 48.5 Å². The highest BCUT2D eigenvalue weighted by molar-refractivity contribution is 6.14. The molecule has 0 radical (unpaired) electrons. The van der Waals surface area contributed by atoms with E-state index in [4.69, 9.17) is 14.2 Å². The second-order valence-electron chi connectivity index (χ2n) is 6.86. The van der Waals surface area contributed by atoms with E-state index >= 15 is 0 Å². The normalized spacial score (nSPS) is 14.4. The van der Waals surface area contributed by atoms with Crippen LogP contribution >= 0.6 is 0 Å². The Labute approximate surface area is 168 Å². The third-order valence-corrected chi connectivity index (χ3v) is 4.53. The van der Waals surface area contributed by atoms with Crippen LogP contribution in [0.4, 0.5) is 11.4 Å². The number of hydrogen-bond donors (Lipinski definition) is 1. The molecule has 0 atom stereocenters. The van der Waals surface area contributed by atoms with Gasteiger partial charge in [-0.25, -0.2) is 4.79 Å². The number of para-hydroxylation sites is 4. The molecule has 0 spiro atoms. The molecule has 0 unspecified atom stereocenters. The maximum Gasteiger partial charge on any atom is 0.344 e. The number of carbonyl (C=O) groups is 3. The lowest BCUT2D eigenvalue weighted by Crippen LogP contribution is -2.59. The van der Waals surface area contributed by atoms with E-state index in [0.717, 1.165) is 0 Å². The maximum atomic E-state index is 12.8. The molecular weight excluding hydrogens is 376 g/mol. The summed E-state index contributed by atoms with van der Waals surface area (Å²) in [5.74, 6) is -0.676. The first kappa shape index (κ1) is 20.2. The number of carbonyl (C=O) groups excluding carboxylic acids is 3. The fourth-order valence-electron chi connectivity index (χ4n) is 3.02. The molecule has 2 amide bonds. The van der Waals surface area contributed by atoms with E-state index in [-0.39, 0.29) is 12.5 Å². The topological polar surface area (TPSA) is 94.2 Å². The van der Waals surface area contributed by atoms with Crippen LogP contribution in [-0.4, -0.2) is 43.6 Å². The van der Waals surface area contributed by atoms with Gasteiger partial charge >= 0.3 is 5.97 Å². The molecular formula is C21H22N2O6. The van der Waals surface area contributed by atoms with E-state index < -0.39 is 24.0 Å². The monoisotopic (exact) mass is 398 g/mol. The number of fused-ring (bicyclic) bond motifs is 1. The van der Waals surface area contributed by atoms with Gasteiger partial charge in [-0.2, -0.15) is 0 Å². The fraction of sp³-hybridized carbons (Fsp3) is 0.286. The summed E-state index contributed by atoms with van der Waals surface area (Å²) in [5, 5.41) is 2.78. The molecule has 29 heavy (non-hydrogen) atoms. The summed E-state index contributed by atoms with van der Waals surface area (Å²) in [6.07, 6.45) is 0. The van der Waals surface area contributed by atoms with E-state index in [9.17, 15) is 14.4 Å². The van der Waals surface area contributed by atoms with Crippen molar-refractivity contribution >= 4 is 29.2 Å². The van der Waals surface area contributed by atoms with Gasteiger partial charge in [-0.15, -0.1) is 0 Å². The number of amides is 2. The van der Waals surface area contributed by atoms with E-state index in [1.165, 1.54) is 12.0 Å². The standard InChI is InChI=1S/C21H22N2O6/c1-21(2)20(26)22-14-8-4-5-9-15(14)23(21)18(24)12-29-19(25)13-28-17-11-7-6-10-16(17)27-3/h4-11H,12-13H2,1-3H3,(H,22,26). The van der Waals surface area contributed by atoms with Crippen LogP contribution in [0.2, 0.25) is 0 Å². The molecule has 0 bridgehead atoms. The Balaban J connectivity index is 1.64. The van der Waals surface area contributed by atoms with E-state index in [1.54, 1.807) is 62.4 Å². The molecule has 0 fully saturated rings. The highest BCUT2D eigenvalue weighted by Gasteiger charge is 2.43. The van der Waals surface area contributed by atoms with Crippen LogP contribution < -0.4 is 19.7 Å². The number of benzene rings is 2. The maximum absolute atomic E-state index is 12.8. The average Bonchev–Trinajstić information content (AvgIpc) is 2.71. The molecule has 0 aromatic heterocycles. The molecule has 2 aromatic rings. The summed E-state index contributed by atoms with van der Waals surface area (Å²) in [7, 11) is 1.49. The number of hydrogen-bond acceptors (Lipinski definition) is 6. The molecule has 152 valence electrons. The Morgan fingerprint density at radius 3 is 2.38 bits per heavy atom. The highest BCUT2D eigenvalue weighted by Crippen LogP contribution is 2.36. The van der Waals surface area contributed by atoms with Crippen molar-refractivity contribution in [2.45, 2.75) is 19.4 Å². The highest BCUT2D eigenvalue weighted by atomic mass is 16.6. The third-order valence-electron chi connectivity index (χ3n) is 4.53. The summed E-state index contributed by atoms with van der Waals surface area (Å²) in [4.78, 5) is 38.6. The lowest BCUT2D eigenvalue weighted by atomic mass is 9.96. The Hall–Kier alpha value is -3.55. The third kappa shape index (κ3) is 4.16. The van der Waals surface area contributed by atoms with E-state index in [2.05, 4.69) is 5.32 Å². The number of esters is 1. The molecule has 3 rings (SSSR count). The van der Waals surface area contributed by atoms with E-state index in [0.29, 0.717) is 22.9 Å². The molecule has 0 saturated heterocycles. The summed E-state index contributed by atoms with van der Waals surface area (Å²) in [5.41, 5.74) is -0.0643. The number of methoxy groups -OCH3 is 1. The number of anilines is 2. The Bertz CT molecular complexity index is 940. The zero-order valence-electron chi connectivity index (χ0n) is 16.4. The Morgan fingerprint density at radius 2 is 1.66 bits per heavy atom. The minimum atomic E-state index is -1.13. The van der Waals surface area contributed by atoms with Crippen molar-refractivity contribution in [1.29, 1.82) is 0 Å². The predicted molar refractivity (Wildman–Crippen MR) is 106 cm³/mol. The van der Waals surface area contributed by atoms with Gasteiger partial charge in [0.25, 0.3) is 5.91 Å².